The molecule has 0 aliphatic rings. The number of nitrogens with zero attached hydrogens (tertiary/aromatic N) is 1. The summed E-state index contributed by atoms with van der Waals surface area (Å²) in [4.78, 5) is 24.3. The third kappa shape index (κ3) is 8.71. The van der Waals surface area contributed by atoms with Gasteiger partial charge in [-0.2, -0.15) is 0 Å². The highest BCUT2D eigenvalue weighted by atomic mass is 16.6. The number of carboxylic acid groups (broad SMARTS) is 1. The Morgan fingerprint density at radius 3 is 2.14 bits per heavy atom. The predicted octanol–water partition coefficient (Wildman–Crippen LogP) is 2.40. The van der Waals surface area contributed by atoms with E-state index < -0.39 is 23.3 Å². The zero-order valence-corrected chi connectivity index (χ0v) is 14.6. The summed E-state index contributed by atoms with van der Waals surface area (Å²) in [7, 11) is 0. The minimum Gasteiger partial charge on any atom is -0.465 e. The molecule has 0 bridgehead atoms. The number of hydrogen-bond acceptors (Lipinski definition) is 4. The molecule has 7 heteroatoms. The molecule has 0 aromatic heterocycles. The van der Waals surface area contributed by atoms with E-state index in [2.05, 4.69) is 5.32 Å². The second-order valence-electron chi connectivity index (χ2n) is 7.33. The molecule has 0 heterocycles. The van der Waals surface area contributed by atoms with Gasteiger partial charge in [0.15, 0.2) is 0 Å². The number of alkyl carbamates (subject to hydrolysis) is 1. The van der Waals surface area contributed by atoms with Gasteiger partial charge in [0.05, 0.1) is 0 Å². The topological polar surface area (TPSA) is 105 Å². The van der Waals surface area contributed by atoms with Gasteiger partial charge in [-0.25, -0.2) is 9.59 Å². The van der Waals surface area contributed by atoms with E-state index in [1.807, 2.05) is 20.8 Å². The SMILES string of the molecule is CC(C)(C)OC(=O)N[C@H](CN)CCCN(C(=O)O)C(C)(C)C. The number of hydrogen-bond donors (Lipinski definition) is 3. The first-order chi connectivity index (χ1) is 9.86. The number of carbonyl (C=O) groups excluding carboxylic acids is 1. The van der Waals surface area contributed by atoms with Crippen LogP contribution in [-0.4, -0.2) is 52.5 Å². The Labute approximate surface area is 133 Å². The van der Waals surface area contributed by atoms with Crippen molar-refractivity contribution >= 4 is 12.2 Å². The van der Waals surface area contributed by atoms with E-state index in [1.54, 1.807) is 20.8 Å². The van der Waals surface area contributed by atoms with Crippen molar-refractivity contribution in [3.05, 3.63) is 0 Å². The molecule has 1 atom stereocenters. The molecule has 0 aliphatic carbocycles. The molecule has 4 N–H and O–H groups in total. The Morgan fingerprint density at radius 1 is 1.23 bits per heavy atom. The summed E-state index contributed by atoms with van der Waals surface area (Å²) in [5.74, 6) is 0. The van der Waals surface area contributed by atoms with Gasteiger partial charge >= 0.3 is 12.2 Å². The molecule has 130 valence electrons. The van der Waals surface area contributed by atoms with Gasteiger partial charge in [0.2, 0.25) is 0 Å². The highest BCUT2D eigenvalue weighted by Gasteiger charge is 2.26. The summed E-state index contributed by atoms with van der Waals surface area (Å²) in [6.07, 6.45) is -0.248. The fourth-order valence-corrected chi connectivity index (χ4v) is 1.94. The average Bonchev–Trinajstić information content (AvgIpc) is 2.28. The molecule has 0 rings (SSSR count). The zero-order valence-electron chi connectivity index (χ0n) is 14.6. The number of amides is 2. The molecule has 0 saturated heterocycles. The molecule has 0 unspecified atom stereocenters. The van der Waals surface area contributed by atoms with Gasteiger partial charge in [0, 0.05) is 24.7 Å². The molecular formula is C15H31N3O4. The second kappa shape index (κ2) is 8.22. The zero-order chi connectivity index (χ0) is 17.6. The summed E-state index contributed by atoms with van der Waals surface area (Å²) in [6.45, 7) is 11.6. The molecule has 22 heavy (non-hydrogen) atoms. The number of nitrogens with one attached hydrogen (secondary N) is 1. The first-order valence-corrected chi connectivity index (χ1v) is 7.57. The van der Waals surface area contributed by atoms with Gasteiger partial charge in [-0.05, 0) is 54.4 Å². The van der Waals surface area contributed by atoms with Crippen LogP contribution in [-0.2, 0) is 4.74 Å². The van der Waals surface area contributed by atoms with Crippen molar-refractivity contribution < 1.29 is 19.4 Å². The Bertz CT molecular complexity index is 372. The van der Waals surface area contributed by atoms with E-state index >= 15 is 0 Å². The molecule has 7 nitrogen and oxygen atoms in total. The minimum absolute atomic E-state index is 0.231. The van der Waals surface area contributed by atoms with E-state index in [0.29, 0.717) is 19.4 Å². The summed E-state index contributed by atoms with van der Waals surface area (Å²) in [5.41, 5.74) is 4.63. The van der Waals surface area contributed by atoms with Crippen molar-refractivity contribution in [3.8, 4) is 0 Å². The maximum absolute atomic E-state index is 11.7. The second-order valence-corrected chi connectivity index (χ2v) is 7.33. The third-order valence-corrected chi connectivity index (χ3v) is 2.98. The van der Waals surface area contributed by atoms with Crippen LogP contribution in [0.3, 0.4) is 0 Å². The highest BCUT2D eigenvalue weighted by Crippen LogP contribution is 2.15. The monoisotopic (exact) mass is 317 g/mol. The number of rotatable bonds is 6. The molecular weight excluding hydrogens is 286 g/mol. The van der Waals surface area contributed by atoms with Gasteiger partial charge in [-0.3, -0.25) is 0 Å². The first-order valence-electron chi connectivity index (χ1n) is 7.57. The highest BCUT2D eigenvalue weighted by molar-refractivity contribution is 5.68. The smallest absolute Gasteiger partial charge is 0.407 e. The lowest BCUT2D eigenvalue weighted by Crippen LogP contribution is -2.46. The van der Waals surface area contributed by atoms with E-state index in [0.717, 1.165) is 0 Å². The van der Waals surface area contributed by atoms with E-state index in [-0.39, 0.29) is 12.6 Å². The molecule has 0 radical (unpaired) electrons. The van der Waals surface area contributed by atoms with Crippen LogP contribution in [0.2, 0.25) is 0 Å². The van der Waals surface area contributed by atoms with Gasteiger partial charge < -0.3 is 25.8 Å². The van der Waals surface area contributed by atoms with E-state index in [1.165, 1.54) is 4.90 Å². The molecule has 2 amide bonds. The first kappa shape index (κ1) is 20.5. The maximum atomic E-state index is 11.7. The van der Waals surface area contributed by atoms with Crippen molar-refractivity contribution in [1.29, 1.82) is 0 Å². The van der Waals surface area contributed by atoms with Crippen molar-refractivity contribution in [1.82, 2.24) is 10.2 Å². The minimum atomic E-state index is -0.947. The summed E-state index contributed by atoms with van der Waals surface area (Å²) in [6, 6.07) is -0.231. The normalized spacial score (nSPS) is 13.4. The van der Waals surface area contributed by atoms with E-state index in [9.17, 15) is 14.7 Å². The number of nitrogens with two attached hydrogens (primary N) is 1. The third-order valence-electron chi connectivity index (χ3n) is 2.98. The molecule has 0 spiro atoms. The molecule has 0 fully saturated rings. The molecule has 0 aliphatic heterocycles. The molecule has 0 aromatic rings. The summed E-state index contributed by atoms with van der Waals surface area (Å²) >= 11 is 0. The quantitative estimate of drug-likeness (QED) is 0.697. The fourth-order valence-electron chi connectivity index (χ4n) is 1.94. The van der Waals surface area contributed by atoms with Crippen LogP contribution in [0.4, 0.5) is 9.59 Å². The standard InChI is InChI=1S/C15H31N3O4/c1-14(2,3)18(13(20)21)9-7-8-11(10-16)17-12(19)22-15(4,5)6/h11H,7-10,16H2,1-6H3,(H,17,19)(H,20,21)/t11-/m0/s1. The van der Waals surface area contributed by atoms with Crippen LogP contribution in [0.1, 0.15) is 54.4 Å². The average molecular weight is 317 g/mol. The van der Waals surface area contributed by atoms with Crippen molar-refractivity contribution in [2.24, 2.45) is 5.73 Å². The van der Waals surface area contributed by atoms with Crippen LogP contribution in [0.15, 0.2) is 0 Å². The lowest BCUT2D eigenvalue weighted by atomic mass is 10.1. The van der Waals surface area contributed by atoms with Crippen LogP contribution < -0.4 is 11.1 Å². The van der Waals surface area contributed by atoms with Crippen LogP contribution >= 0.6 is 0 Å². The number of carbonyl (C=O) groups is 2. The van der Waals surface area contributed by atoms with Gasteiger partial charge in [0.1, 0.15) is 5.60 Å². The van der Waals surface area contributed by atoms with Gasteiger partial charge in [0.25, 0.3) is 0 Å². The molecule has 0 aromatic carbocycles. The van der Waals surface area contributed by atoms with Crippen molar-refractivity contribution in [2.45, 2.75) is 71.6 Å². The Balaban J connectivity index is 4.36. The van der Waals surface area contributed by atoms with Gasteiger partial charge in [-0.15, -0.1) is 0 Å². The molecule has 0 saturated carbocycles. The lowest BCUT2D eigenvalue weighted by Gasteiger charge is -2.33. The van der Waals surface area contributed by atoms with Crippen molar-refractivity contribution in [3.63, 3.8) is 0 Å². The Kier molecular flexibility index (Phi) is 7.66. The Hall–Kier alpha value is -1.50. The Morgan fingerprint density at radius 2 is 1.77 bits per heavy atom. The predicted molar refractivity (Wildman–Crippen MR) is 85.9 cm³/mol. The maximum Gasteiger partial charge on any atom is 0.407 e. The van der Waals surface area contributed by atoms with Crippen LogP contribution in [0.5, 0.6) is 0 Å². The van der Waals surface area contributed by atoms with Crippen LogP contribution in [0.25, 0.3) is 0 Å². The van der Waals surface area contributed by atoms with Crippen LogP contribution in [0, 0.1) is 0 Å². The van der Waals surface area contributed by atoms with Crippen molar-refractivity contribution in [2.75, 3.05) is 13.1 Å². The van der Waals surface area contributed by atoms with E-state index in [4.69, 9.17) is 10.5 Å². The lowest BCUT2D eigenvalue weighted by molar-refractivity contribution is 0.0499. The number of ether oxygens (including phenoxy) is 1. The summed E-state index contributed by atoms with van der Waals surface area (Å²) < 4.78 is 5.18. The van der Waals surface area contributed by atoms with Gasteiger partial charge in [-0.1, -0.05) is 0 Å². The largest absolute Gasteiger partial charge is 0.465 e. The fraction of sp³-hybridized carbons (Fsp3) is 0.867. The summed E-state index contributed by atoms with van der Waals surface area (Å²) in [5, 5.41) is 11.9.